The van der Waals surface area contributed by atoms with Crippen LogP contribution in [-0.4, -0.2) is 44.4 Å². The Hall–Kier alpha value is -2.35. The summed E-state index contributed by atoms with van der Waals surface area (Å²) in [6.07, 6.45) is 0. The summed E-state index contributed by atoms with van der Waals surface area (Å²) >= 11 is 4.94. The van der Waals surface area contributed by atoms with Crippen LogP contribution in [0, 0.1) is 0 Å². The van der Waals surface area contributed by atoms with Crippen molar-refractivity contribution >= 4 is 29.2 Å². The summed E-state index contributed by atoms with van der Waals surface area (Å²) in [6, 6.07) is 4.72. The highest BCUT2D eigenvalue weighted by Gasteiger charge is 2.12. The first-order valence-electron chi connectivity index (χ1n) is 6.48. The monoisotopic (exact) mass is 326 g/mol. The Kier molecular flexibility index (Phi) is 7.11. The van der Waals surface area contributed by atoms with Crippen LogP contribution in [0.25, 0.3) is 0 Å². The molecule has 0 radical (unpaired) electrons. The summed E-state index contributed by atoms with van der Waals surface area (Å²) < 4.78 is 15.0. The van der Waals surface area contributed by atoms with Gasteiger partial charge in [0.2, 0.25) is 0 Å². The molecule has 0 aromatic heterocycles. The largest absolute Gasteiger partial charge is 0.493 e. The van der Waals surface area contributed by atoms with Crippen molar-refractivity contribution in [1.82, 2.24) is 10.6 Å². The van der Waals surface area contributed by atoms with Crippen LogP contribution in [0.2, 0.25) is 0 Å². The third-order valence-electron chi connectivity index (χ3n) is 2.57. The molecule has 0 aliphatic heterocycles. The topological polar surface area (TPSA) is 85.9 Å². The summed E-state index contributed by atoms with van der Waals surface area (Å²) in [5.41, 5.74) is 0.345. The average Bonchev–Trinajstić information content (AvgIpc) is 2.52. The summed E-state index contributed by atoms with van der Waals surface area (Å²) in [6.45, 7) is 1.87. The van der Waals surface area contributed by atoms with Gasteiger partial charge in [-0.2, -0.15) is 0 Å². The molecular formula is C14H18N2O5S. The van der Waals surface area contributed by atoms with Gasteiger partial charge in [-0.3, -0.25) is 14.9 Å². The van der Waals surface area contributed by atoms with E-state index in [4.69, 9.17) is 26.4 Å². The lowest BCUT2D eigenvalue weighted by atomic mass is 10.2. The third-order valence-corrected chi connectivity index (χ3v) is 2.82. The Labute approximate surface area is 133 Å². The van der Waals surface area contributed by atoms with Gasteiger partial charge in [-0.15, -0.1) is 0 Å². The minimum atomic E-state index is -0.454. The second-order valence-corrected chi connectivity index (χ2v) is 4.42. The van der Waals surface area contributed by atoms with E-state index in [9.17, 15) is 9.59 Å². The molecule has 0 saturated heterocycles. The van der Waals surface area contributed by atoms with Gasteiger partial charge in [0.1, 0.15) is 6.54 Å². The first-order chi connectivity index (χ1) is 10.5. The van der Waals surface area contributed by atoms with Gasteiger partial charge < -0.3 is 19.5 Å². The maximum Gasteiger partial charge on any atom is 0.325 e. The zero-order valence-electron chi connectivity index (χ0n) is 12.6. The first-order valence-corrected chi connectivity index (χ1v) is 6.89. The lowest BCUT2D eigenvalue weighted by Crippen LogP contribution is -2.41. The number of benzene rings is 1. The minimum absolute atomic E-state index is 0.0350. The molecule has 2 N–H and O–H groups in total. The van der Waals surface area contributed by atoms with Gasteiger partial charge in [-0.1, -0.05) is 0 Å². The fourth-order valence-electron chi connectivity index (χ4n) is 1.56. The molecule has 0 bridgehead atoms. The summed E-state index contributed by atoms with van der Waals surface area (Å²) in [7, 11) is 2.98. The standard InChI is InChI=1S/C14H18N2O5S/c1-4-21-12(17)8-15-14(22)16-13(18)9-5-6-10(19-2)11(7-9)20-3/h5-7H,4,8H2,1-3H3,(H2,15,16,18,22). The van der Waals surface area contributed by atoms with E-state index in [1.807, 2.05) is 0 Å². The van der Waals surface area contributed by atoms with Gasteiger partial charge in [0.25, 0.3) is 5.91 Å². The summed E-state index contributed by atoms with van der Waals surface area (Å²) in [4.78, 5) is 23.2. The highest BCUT2D eigenvalue weighted by molar-refractivity contribution is 7.80. The van der Waals surface area contributed by atoms with Crippen LogP contribution >= 0.6 is 12.2 Å². The average molecular weight is 326 g/mol. The van der Waals surface area contributed by atoms with E-state index in [0.29, 0.717) is 17.1 Å². The molecule has 1 aromatic rings. The van der Waals surface area contributed by atoms with E-state index in [1.165, 1.54) is 20.3 Å². The van der Waals surface area contributed by atoms with E-state index in [1.54, 1.807) is 19.1 Å². The van der Waals surface area contributed by atoms with Crippen molar-refractivity contribution in [2.45, 2.75) is 6.92 Å². The number of hydrogen-bond acceptors (Lipinski definition) is 6. The van der Waals surface area contributed by atoms with Crippen LogP contribution in [0.15, 0.2) is 18.2 Å². The van der Waals surface area contributed by atoms with Crippen molar-refractivity contribution in [3.05, 3.63) is 23.8 Å². The van der Waals surface area contributed by atoms with Crippen LogP contribution in [0.5, 0.6) is 11.5 Å². The molecule has 7 nitrogen and oxygen atoms in total. The van der Waals surface area contributed by atoms with Gasteiger partial charge in [0, 0.05) is 5.56 Å². The number of carbonyl (C=O) groups is 2. The summed E-state index contributed by atoms with van der Waals surface area (Å²) in [5.74, 6) is 0.0649. The maximum atomic E-state index is 12.0. The Balaban J connectivity index is 2.61. The molecule has 0 unspecified atom stereocenters. The number of hydrogen-bond donors (Lipinski definition) is 2. The van der Waals surface area contributed by atoms with E-state index in [0.717, 1.165) is 0 Å². The maximum absolute atomic E-state index is 12.0. The van der Waals surface area contributed by atoms with Crippen LogP contribution in [0.1, 0.15) is 17.3 Å². The molecule has 0 aliphatic rings. The van der Waals surface area contributed by atoms with Crippen molar-refractivity contribution in [1.29, 1.82) is 0 Å². The second-order valence-electron chi connectivity index (χ2n) is 4.01. The number of nitrogens with one attached hydrogen (secondary N) is 2. The van der Waals surface area contributed by atoms with E-state index in [2.05, 4.69) is 10.6 Å². The fourth-order valence-corrected chi connectivity index (χ4v) is 1.73. The van der Waals surface area contributed by atoms with Gasteiger partial charge in [-0.05, 0) is 37.3 Å². The van der Waals surface area contributed by atoms with E-state index in [-0.39, 0.29) is 18.3 Å². The zero-order chi connectivity index (χ0) is 16.5. The number of amides is 1. The lowest BCUT2D eigenvalue weighted by molar-refractivity contribution is -0.141. The minimum Gasteiger partial charge on any atom is -0.493 e. The summed E-state index contributed by atoms with van der Waals surface area (Å²) in [5, 5.41) is 5.08. The Morgan fingerprint density at radius 1 is 1.18 bits per heavy atom. The number of thiocarbonyl (C=S) groups is 1. The van der Waals surface area contributed by atoms with Crippen LogP contribution in [0.3, 0.4) is 0 Å². The van der Waals surface area contributed by atoms with E-state index < -0.39 is 11.9 Å². The van der Waals surface area contributed by atoms with Crippen molar-refractivity contribution in [2.24, 2.45) is 0 Å². The van der Waals surface area contributed by atoms with Crippen molar-refractivity contribution in [3.8, 4) is 11.5 Å². The van der Waals surface area contributed by atoms with Crippen LogP contribution in [-0.2, 0) is 9.53 Å². The number of esters is 1. The molecule has 0 spiro atoms. The predicted octanol–water partition coefficient (Wildman–Crippen LogP) is 0.871. The first kappa shape index (κ1) is 17.7. The molecule has 0 aliphatic carbocycles. The molecule has 0 saturated carbocycles. The molecule has 1 rings (SSSR count). The predicted molar refractivity (Wildman–Crippen MR) is 84.2 cm³/mol. The molecule has 0 heterocycles. The molecular weight excluding hydrogens is 308 g/mol. The highest BCUT2D eigenvalue weighted by atomic mass is 32.1. The molecule has 8 heteroatoms. The van der Waals surface area contributed by atoms with Gasteiger partial charge in [0.05, 0.1) is 20.8 Å². The third kappa shape index (κ3) is 5.21. The van der Waals surface area contributed by atoms with Gasteiger partial charge in [0.15, 0.2) is 16.6 Å². The molecule has 1 aromatic carbocycles. The lowest BCUT2D eigenvalue weighted by Gasteiger charge is -2.11. The Bertz CT molecular complexity index is 562. The number of rotatable bonds is 6. The number of methoxy groups -OCH3 is 2. The normalized spacial score (nSPS) is 9.59. The Morgan fingerprint density at radius 2 is 1.86 bits per heavy atom. The highest BCUT2D eigenvalue weighted by Crippen LogP contribution is 2.27. The number of ether oxygens (including phenoxy) is 3. The smallest absolute Gasteiger partial charge is 0.325 e. The SMILES string of the molecule is CCOC(=O)CNC(=S)NC(=O)c1ccc(OC)c(OC)c1. The van der Waals surface area contributed by atoms with Crippen LogP contribution < -0.4 is 20.1 Å². The van der Waals surface area contributed by atoms with Gasteiger partial charge >= 0.3 is 5.97 Å². The van der Waals surface area contributed by atoms with Gasteiger partial charge in [-0.25, -0.2) is 0 Å². The second kappa shape index (κ2) is 8.83. The van der Waals surface area contributed by atoms with E-state index >= 15 is 0 Å². The molecule has 22 heavy (non-hydrogen) atoms. The van der Waals surface area contributed by atoms with Crippen molar-refractivity contribution in [2.75, 3.05) is 27.4 Å². The Morgan fingerprint density at radius 3 is 2.45 bits per heavy atom. The fraction of sp³-hybridized carbons (Fsp3) is 0.357. The molecule has 0 atom stereocenters. The van der Waals surface area contributed by atoms with Crippen molar-refractivity contribution < 1.29 is 23.8 Å². The molecule has 1 amide bonds. The molecule has 120 valence electrons. The van der Waals surface area contributed by atoms with Crippen LogP contribution in [0.4, 0.5) is 0 Å². The zero-order valence-corrected chi connectivity index (χ0v) is 13.4. The quantitative estimate of drug-likeness (QED) is 0.592. The number of carbonyl (C=O) groups excluding carboxylic acids is 2. The molecule has 0 fully saturated rings. The van der Waals surface area contributed by atoms with Crippen molar-refractivity contribution in [3.63, 3.8) is 0 Å².